The lowest BCUT2D eigenvalue weighted by Crippen LogP contribution is -2.54. The fourth-order valence-corrected chi connectivity index (χ4v) is 0.639. The first-order chi connectivity index (χ1) is 4.30. The Morgan fingerprint density at radius 2 is 1.78 bits per heavy atom. The zero-order valence-electron chi connectivity index (χ0n) is 6.32. The largest absolute Gasteiger partial charge is 0.314 e. The van der Waals surface area contributed by atoms with Gasteiger partial charge in [0.2, 0.25) is 0 Å². The number of rotatable bonds is 1. The summed E-state index contributed by atoms with van der Waals surface area (Å²) in [7, 11) is 4.73. The van der Waals surface area contributed by atoms with Crippen LogP contribution in [0.2, 0.25) is 0 Å². The zero-order valence-corrected chi connectivity index (χ0v) is 6.32. The Hall–Kier alpha value is -0.150. The molecule has 2 nitrogen and oxygen atoms in total. The van der Waals surface area contributed by atoms with E-state index in [1.54, 1.807) is 0 Å². The van der Waals surface area contributed by atoms with Crippen LogP contribution >= 0.6 is 0 Å². The van der Waals surface area contributed by atoms with Gasteiger partial charge in [0.05, 0.1) is 7.18 Å². The van der Waals surface area contributed by atoms with Gasteiger partial charge in [-0.2, -0.15) is 0 Å². The number of halogens is 1. The van der Waals surface area contributed by atoms with Gasteiger partial charge < -0.3 is 10.2 Å². The van der Waals surface area contributed by atoms with Crippen molar-refractivity contribution >= 4 is 0 Å². The molecule has 9 heavy (non-hydrogen) atoms. The Morgan fingerprint density at radius 1 is 1.33 bits per heavy atom. The minimum Gasteiger partial charge on any atom is -0.314 e. The molecule has 0 bridgehead atoms. The summed E-state index contributed by atoms with van der Waals surface area (Å²) in [4.78, 5) is 2.25. The van der Waals surface area contributed by atoms with Crippen LogP contribution in [0.5, 0.6) is 0 Å². The van der Waals surface area contributed by atoms with E-state index in [1.165, 1.54) is 13.1 Å². The van der Waals surface area contributed by atoms with Gasteiger partial charge >= 0.3 is 0 Å². The van der Waals surface area contributed by atoms with Gasteiger partial charge in [-0.05, 0) is 14.1 Å². The molecule has 0 aromatic heterocycles. The van der Waals surface area contributed by atoms with Crippen molar-refractivity contribution in [3.63, 3.8) is 0 Å². The lowest BCUT2D eigenvalue weighted by Gasteiger charge is -2.32. The molecule has 0 aromatic rings. The van der Waals surface area contributed by atoms with Crippen molar-refractivity contribution in [2.24, 2.45) is 0 Å². The lowest BCUT2D eigenvalue weighted by atomic mass is 10.2. The van der Waals surface area contributed by atoms with E-state index in [9.17, 15) is 4.39 Å². The van der Waals surface area contributed by atoms with Gasteiger partial charge in [-0.3, -0.25) is 4.39 Å². The summed E-state index contributed by atoms with van der Waals surface area (Å²) in [5.74, 6) is 0. The Balaban J connectivity index is 0.000000291. The quantitative estimate of drug-likeness (QED) is 0.547. The van der Waals surface area contributed by atoms with Gasteiger partial charge in [-0.15, -0.1) is 0 Å². The van der Waals surface area contributed by atoms with E-state index in [0.717, 1.165) is 6.04 Å². The molecule has 0 saturated carbocycles. The maximum atomic E-state index is 9.50. The van der Waals surface area contributed by atoms with Crippen molar-refractivity contribution in [2.75, 3.05) is 34.4 Å². The maximum Gasteiger partial charge on any atom is 0.0785 e. The molecule has 56 valence electrons. The first-order valence-corrected chi connectivity index (χ1v) is 3.05. The van der Waals surface area contributed by atoms with Crippen molar-refractivity contribution in [1.29, 1.82) is 0 Å². The van der Waals surface area contributed by atoms with Gasteiger partial charge in [0, 0.05) is 19.1 Å². The molecule has 0 unspecified atom stereocenters. The second kappa shape index (κ2) is 4.70. The van der Waals surface area contributed by atoms with Gasteiger partial charge in [0.15, 0.2) is 0 Å². The SMILES string of the molecule is CF.CN(C)C1CNC1. The fraction of sp³-hybridized carbons (Fsp3) is 1.00. The molecule has 0 aromatic carbocycles. The Labute approximate surface area is 56.0 Å². The molecule has 1 rings (SSSR count). The number of hydrogen-bond donors (Lipinski definition) is 1. The molecular formula is C6H15FN2. The zero-order chi connectivity index (χ0) is 7.28. The predicted octanol–water partition coefficient (Wildman–Crippen LogP) is 0.105. The molecule has 0 spiro atoms. The summed E-state index contributed by atoms with van der Waals surface area (Å²) in [6.45, 7) is 2.35. The first-order valence-electron chi connectivity index (χ1n) is 3.05. The Kier molecular flexibility index (Phi) is 4.62. The van der Waals surface area contributed by atoms with Gasteiger partial charge in [0.25, 0.3) is 0 Å². The van der Waals surface area contributed by atoms with E-state index in [0.29, 0.717) is 7.18 Å². The molecule has 0 aliphatic carbocycles. The van der Waals surface area contributed by atoms with Crippen molar-refractivity contribution in [2.45, 2.75) is 6.04 Å². The summed E-state index contributed by atoms with van der Waals surface area (Å²) in [6, 6.07) is 0.806. The standard InChI is InChI=1S/C5H12N2.CH3F/c1-7(2)5-3-6-4-5;1-2/h5-6H,3-4H2,1-2H3;1H3. The lowest BCUT2D eigenvalue weighted by molar-refractivity contribution is 0.216. The monoisotopic (exact) mass is 134 g/mol. The van der Waals surface area contributed by atoms with Crippen molar-refractivity contribution < 1.29 is 4.39 Å². The molecule has 1 aliphatic heterocycles. The number of alkyl halides is 1. The van der Waals surface area contributed by atoms with E-state index in [2.05, 4.69) is 24.3 Å². The van der Waals surface area contributed by atoms with E-state index in [1.807, 2.05) is 0 Å². The molecule has 1 fully saturated rings. The minimum atomic E-state index is 0.500. The minimum absolute atomic E-state index is 0.500. The molecule has 3 heteroatoms. The average molecular weight is 134 g/mol. The molecule has 0 radical (unpaired) electrons. The third-order valence-electron chi connectivity index (χ3n) is 1.49. The molecule has 0 amide bonds. The maximum absolute atomic E-state index is 9.50. The highest BCUT2D eigenvalue weighted by molar-refractivity contribution is 4.80. The fourth-order valence-electron chi connectivity index (χ4n) is 0.639. The van der Waals surface area contributed by atoms with E-state index in [4.69, 9.17) is 0 Å². The first kappa shape index (κ1) is 8.85. The Morgan fingerprint density at radius 3 is 1.78 bits per heavy atom. The summed E-state index contributed by atoms with van der Waals surface area (Å²) in [5, 5.41) is 3.20. The average Bonchev–Trinajstić information content (AvgIpc) is 1.65. The number of likely N-dealkylation sites (N-methyl/N-ethyl adjacent to an activating group) is 1. The summed E-state index contributed by atoms with van der Waals surface area (Å²) >= 11 is 0. The van der Waals surface area contributed by atoms with Crippen LogP contribution in [0.4, 0.5) is 4.39 Å². The van der Waals surface area contributed by atoms with Gasteiger partial charge in [0.1, 0.15) is 0 Å². The highest BCUT2D eigenvalue weighted by atomic mass is 19.1. The highest BCUT2D eigenvalue weighted by Gasteiger charge is 2.17. The van der Waals surface area contributed by atoms with Crippen LogP contribution < -0.4 is 5.32 Å². The number of nitrogens with zero attached hydrogens (tertiary/aromatic N) is 1. The van der Waals surface area contributed by atoms with E-state index >= 15 is 0 Å². The molecule has 1 N–H and O–H groups in total. The third-order valence-corrected chi connectivity index (χ3v) is 1.49. The molecule has 1 aliphatic rings. The number of hydrogen-bond acceptors (Lipinski definition) is 2. The molecule has 0 atom stereocenters. The number of nitrogens with one attached hydrogen (secondary N) is 1. The Bertz CT molecular complexity index is 62.1. The van der Waals surface area contributed by atoms with E-state index in [-0.39, 0.29) is 0 Å². The normalized spacial score (nSPS) is 18.3. The van der Waals surface area contributed by atoms with Crippen LogP contribution in [-0.4, -0.2) is 45.3 Å². The smallest absolute Gasteiger partial charge is 0.0785 e. The topological polar surface area (TPSA) is 15.3 Å². The summed E-state index contributed by atoms with van der Waals surface area (Å²) in [5.41, 5.74) is 0. The second-order valence-electron chi connectivity index (χ2n) is 2.28. The van der Waals surface area contributed by atoms with E-state index < -0.39 is 0 Å². The third kappa shape index (κ3) is 2.77. The van der Waals surface area contributed by atoms with Crippen LogP contribution in [-0.2, 0) is 0 Å². The van der Waals surface area contributed by atoms with Gasteiger partial charge in [-0.1, -0.05) is 0 Å². The van der Waals surface area contributed by atoms with Crippen LogP contribution in [0.15, 0.2) is 0 Å². The van der Waals surface area contributed by atoms with Crippen LogP contribution in [0.1, 0.15) is 0 Å². The molecule has 1 heterocycles. The van der Waals surface area contributed by atoms with Crippen LogP contribution in [0.3, 0.4) is 0 Å². The van der Waals surface area contributed by atoms with Crippen LogP contribution in [0.25, 0.3) is 0 Å². The van der Waals surface area contributed by atoms with Crippen molar-refractivity contribution in [3.05, 3.63) is 0 Å². The van der Waals surface area contributed by atoms with Crippen LogP contribution in [0, 0.1) is 0 Å². The highest BCUT2D eigenvalue weighted by Crippen LogP contribution is 1.96. The predicted molar refractivity (Wildman–Crippen MR) is 37.4 cm³/mol. The van der Waals surface area contributed by atoms with Gasteiger partial charge in [-0.25, -0.2) is 0 Å². The van der Waals surface area contributed by atoms with Crippen molar-refractivity contribution in [3.8, 4) is 0 Å². The molecular weight excluding hydrogens is 119 g/mol. The summed E-state index contributed by atoms with van der Waals surface area (Å²) < 4.78 is 9.50. The second-order valence-corrected chi connectivity index (χ2v) is 2.28. The molecule has 1 saturated heterocycles. The van der Waals surface area contributed by atoms with Crippen molar-refractivity contribution in [1.82, 2.24) is 10.2 Å². The summed E-state index contributed by atoms with van der Waals surface area (Å²) in [6.07, 6.45) is 0.